The van der Waals surface area contributed by atoms with E-state index in [0.29, 0.717) is 0 Å². The number of nitrogens with one attached hydrogen (secondary N) is 1. The second-order valence-electron chi connectivity index (χ2n) is 4.90. The maximum absolute atomic E-state index is 5.71. The monoisotopic (exact) mass is 167 g/mol. The maximum Gasteiger partial charge on any atom is 0.0711 e. The summed E-state index contributed by atoms with van der Waals surface area (Å²) in [5.41, 5.74) is 0.280. The SMILES string of the molecule is COC12CC3CC(C1)NC(C3)C2. The molecular weight excluding hydrogens is 150 g/mol. The van der Waals surface area contributed by atoms with E-state index in [1.807, 2.05) is 7.11 Å². The molecule has 2 aliphatic carbocycles. The van der Waals surface area contributed by atoms with Crippen molar-refractivity contribution in [3.05, 3.63) is 0 Å². The van der Waals surface area contributed by atoms with Crippen molar-refractivity contribution in [1.29, 1.82) is 0 Å². The molecule has 1 N–H and O–H groups in total. The summed E-state index contributed by atoms with van der Waals surface area (Å²) >= 11 is 0. The van der Waals surface area contributed by atoms with Crippen LogP contribution in [-0.2, 0) is 4.74 Å². The largest absolute Gasteiger partial charge is 0.378 e. The van der Waals surface area contributed by atoms with Crippen molar-refractivity contribution in [3.63, 3.8) is 0 Å². The molecule has 0 aromatic heterocycles. The predicted octanol–water partition coefficient (Wildman–Crippen LogP) is 1.31. The summed E-state index contributed by atoms with van der Waals surface area (Å²) in [7, 11) is 1.90. The molecule has 0 aromatic carbocycles. The first-order chi connectivity index (χ1) is 5.80. The van der Waals surface area contributed by atoms with Crippen LogP contribution in [-0.4, -0.2) is 24.8 Å². The molecule has 12 heavy (non-hydrogen) atoms. The van der Waals surface area contributed by atoms with Crippen molar-refractivity contribution in [2.24, 2.45) is 5.92 Å². The van der Waals surface area contributed by atoms with Crippen molar-refractivity contribution in [2.75, 3.05) is 7.11 Å². The van der Waals surface area contributed by atoms with Crippen molar-refractivity contribution in [2.45, 2.75) is 49.8 Å². The minimum Gasteiger partial charge on any atom is -0.378 e. The van der Waals surface area contributed by atoms with Gasteiger partial charge in [-0.3, -0.25) is 0 Å². The van der Waals surface area contributed by atoms with E-state index >= 15 is 0 Å². The third kappa shape index (κ3) is 0.882. The fourth-order valence-electron chi connectivity index (χ4n) is 3.75. The van der Waals surface area contributed by atoms with E-state index in [1.54, 1.807) is 0 Å². The van der Waals surface area contributed by atoms with Crippen molar-refractivity contribution < 1.29 is 4.74 Å². The van der Waals surface area contributed by atoms with Gasteiger partial charge >= 0.3 is 0 Å². The van der Waals surface area contributed by atoms with E-state index < -0.39 is 0 Å². The van der Waals surface area contributed by atoms with Crippen LogP contribution in [0.25, 0.3) is 0 Å². The van der Waals surface area contributed by atoms with E-state index in [4.69, 9.17) is 4.74 Å². The van der Waals surface area contributed by atoms with Gasteiger partial charge in [0.05, 0.1) is 5.60 Å². The molecule has 2 atom stereocenters. The minimum absolute atomic E-state index is 0.280. The van der Waals surface area contributed by atoms with Crippen LogP contribution in [0, 0.1) is 5.92 Å². The third-order valence-electron chi connectivity index (χ3n) is 4.04. The Bertz CT molecular complexity index is 167. The van der Waals surface area contributed by atoms with E-state index in [1.165, 1.54) is 32.1 Å². The molecular formula is C10H17NO. The molecule has 2 heteroatoms. The number of hydrogen-bond donors (Lipinski definition) is 1. The van der Waals surface area contributed by atoms with Gasteiger partial charge in [0, 0.05) is 19.2 Å². The number of methoxy groups -OCH3 is 1. The average Bonchev–Trinajstić information content (AvgIpc) is 2.02. The molecule has 2 aliphatic heterocycles. The Kier molecular flexibility index (Phi) is 1.37. The van der Waals surface area contributed by atoms with Crippen molar-refractivity contribution >= 4 is 0 Å². The van der Waals surface area contributed by atoms with Gasteiger partial charge in [0.2, 0.25) is 0 Å². The van der Waals surface area contributed by atoms with Crippen molar-refractivity contribution in [3.8, 4) is 0 Å². The highest BCUT2D eigenvalue weighted by molar-refractivity contribution is 5.07. The van der Waals surface area contributed by atoms with Gasteiger partial charge in [0.1, 0.15) is 0 Å². The van der Waals surface area contributed by atoms with Crippen LogP contribution >= 0.6 is 0 Å². The molecule has 2 nitrogen and oxygen atoms in total. The van der Waals surface area contributed by atoms with E-state index in [-0.39, 0.29) is 5.60 Å². The lowest BCUT2D eigenvalue weighted by Gasteiger charge is -2.56. The summed E-state index contributed by atoms with van der Waals surface area (Å²) in [6.45, 7) is 0. The van der Waals surface area contributed by atoms with Gasteiger partial charge in [0.25, 0.3) is 0 Å². The zero-order chi connectivity index (χ0) is 8.18. The fourth-order valence-corrected chi connectivity index (χ4v) is 3.75. The molecule has 4 aliphatic rings. The van der Waals surface area contributed by atoms with Crippen LogP contribution in [0.4, 0.5) is 0 Å². The molecule has 2 heterocycles. The third-order valence-corrected chi connectivity index (χ3v) is 4.04. The minimum atomic E-state index is 0.280. The predicted molar refractivity (Wildman–Crippen MR) is 47.0 cm³/mol. The van der Waals surface area contributed by atoms with Gasteiger partial charge in [-0.1, -0.05) is 0 Å². The molecule has 0 aromatic rings. The van der Waals surface area contributed by atoms with Gasteiger partial charge in [0.15, 0.2) is 0 Å². The van der Waals surface area contributed by atoms with Crippen LogP contribution in [0.2, 0.25) is 0 Å². The van der Waals surface area contributed by atoms with Crippen LogP contribution in [0.5, 0.6) is 0 Å². The highest BCUT2D eigenvalue weighted by atomic mass is 16.5. The quantitative estimate of drug-likeness (QED) is 0.635. The second kappa shape index (κ2) is 2.24. The summed E-state index contributed by atoms with van der Waals surface area (Å²) < 4.78 is 5.71. The topological polar surface area (TPSA) is 21.3 Å². The zero-order valence-corrected chi connectivity index (χ0v) is 7.68. The Hall–Kier alpha value is -0.0800. The van der Waals surface area contributed by atoms with E-state index in [9.17, 15) is 0 Å². The normalized spacial score (nSPS) is 56.2. The molecule has 0 radical (unpaired) electrons. The number of rotatable bonds is 1. The fraction of sp³-hybridized carbons (Fsp3) is 1.00. The molecule has 0 spiro atoms. The van der Waals surface area contributed by atoms with Crippen LogP contribution < -0.4 is 5.32 Å². The summed E-state index contributed by atoms with van der Waals surface area (Å²) in [6.07, 6.45) is 6.66. The summed E-state index contributed by atoms with van der Waals surface area (Å²) in [5, 5.41) is 3.69. The number of ether oxygens (including phenoxy) is 1. The Labute approximate surface area is 73.7 Å². The first-order valence-electron chi connectivity index (χ1n) is 5.11. The standard InChI is InChI=1S/C10H17NO/c1-12-10-4-7-2-8(5-10)11-9(3-7)6-10/h7-9,11H,2-6H2,1H3. The van der Waals surface area contributed by atoms with Gasteiger partial charge < -0.3 is 10.1 Å². The molecule has 2 unspecified atom stereocenters. The van der Waals surface area contributed by atoms with Gasteiger partial charge in [-0.2, -0.15) is 0 Å². The molecule has 0 amide bonds. The Morgan fingerprint density at radius 2 is 1.83 bits per heavy atom. The van der Waals surface area contributed by atoms with E-state index in [2.05, 4.69) is 5.32 Å². The molecule has 2 saturated heterocycles. The maximum atomic E-state index is 5.71. The van der Waals surface area contributed by atoms with Gasteiger partial charge in [-0.15, -0.1) is 0 Å². The first kappa shape index (κ1) is 7.34. The van der Waals surface area contributed by atoms with Crippen LogP contribution in [0.3, 0.4) is 0 Å². The lowest BCUT2D eigenvalue weighted by atomic mass is 9.62. The van der Waals surface area contributed by atoms with Gasteiger partial charge in [-0.05, 0) is 38.0 Å². The van der Waals surface area contributed by atoms with Crippen LogP contribution in [0.1, 0.15) is 32.1 Å². The Morgan fingerprint density at radius 1 is 1.17 bits per heavy atom. The lowest BCUT2D eigenvalue weighted by molar-refractivity contribution is -0.124. The molecule has 4 rings (SSSR count). The first-order valence-corrected chi connectivity index (χ1v) is 5.11. The summed E-state index contributed by atoms with van der Waals surface area (Å²) in [4.78, 5) is 0. The average molecular weight is 167 g/mol. The summed E-state index contributed by atoms with van der Waals surface area (Å²) in [6, 6.07) is 1.55. The lowest BCUT2D eigenvalue weighted by Crippen LogP contribution is -2.63. The molecule has 68 valence electrons. The Balaban J connectivity index is 1.90. The zero-order valence-electron chi connectivity index (χ0n) is 7.68. The highest BCUT2D eigenvalue weighted by Crippen LogP contribution is 2.48. The number of hydrogen-bond acceptors (Lipinski definition) is 2. The summed E-state index contributed by atoms with van der Waals surface area (Å²) in [5.74, 6) is 0.962. The molecule has 4 bridgehead atoms. The highest BCUT2D eigenvalue weighted by Gasteiger charge is 2.50. The smallest absolute Gasteiger partial charge is 0.0711 e. The molecule has 2 saturated carbocycles. The van der Waals surface area contributed by atoms with Crippen LogP contribution in [0.15, 0.2) is 0 Å². The number of piperidine rings is 2. The second-order valence-corrected chi connectivity index (χ2v) is 4.90. The molecule has 4 fully saturated rings. The van der Waals surface area contributed by atoms with Gasteiger partial charge in [-0.25, -0.2) is 0 Å². The van der Waals surface area contributed by atoms with E-state index in [0.717, 1.165) is 18.0 Å². The van der Waals surface area contributed by atoms with Crippen molar-refractivity contribution in [1.82, 2.24) is 5.32 Å². The Morgan fingerprint density at radius 3 is 2.33 bits per heavy atom.